The summed E-state index contributed by atoms with van der Waals surface area (Å²) in [4.78, 5) is 29.3. The fraction of sp³-hybridized carbons (Fsp3) is 0.395. The molecule has 5 aromatic rings. The lowest BCUT2D eigenvalue weighted by Crippen LogP contribution is -2.30. The summed E-state index contributed by atoms with van der Waals surface area (Å²) < 4.78 is 7.38. The topological polar surface area (TPSA) is 110 Å². The minimum Gasteiger partial charge on any atom is -0.381 e. The van der Waals surface area contributed by atoms with Gasteiger partial charge in [-0.05, 0) is 74.4 Å². The van der Waals surface area contributed by atoms with Crippen LogP contribution in [0.2, 0.25) is 0 Å². The molecule has 10 heteroatoms. The summed E-state index contributed by atoms with van der Waals surface area (Å²) in [7, 11) is 5.76. The Morgan fingerprint density at radius 1 is 1.08 bits per heavy atom. The number of nitrogens with one attached hydrogen (secondary N) is 2. The molecule has 1 aliphatic carbocycles. The van der Waals surface area contributed by atoms with Gasteiger partial charge in [-0.3, -0.25) is 9.78 Å². The van der Waals surface area contributed by atoms with Crippen molar-refractivity contribution in [2.45, 2.75) is 70.6 Å². The number of carbonyl (C=O) groups is 1. The Balaban J connectivity index is 1.25. The van der Waals surface area contributed by atoms with Crippen molar-refractivity contribution in [1.29, 1.82) is 0 Å². The first-order valence-corrected chi connectivity index (χ1v) is 16.9. The minimum atomic E-state index is 0.0928. The molecule has 0 atom stereocenters. The second-order valence-electron chi connectivity index (χ2n) is 13.2. The molecule has 0 aliphatic heterocycles. The summed E-state index contributed by atoms with van der Waals surface area (Å²) >= 11 is 0. The maximum atomic E-state index is 12.6. The number of likely N-dealkylation sites (N-methyl/N-ethyl adjacent to an activating group) is 1. The molecule has 0 radical (unpaired) electrons. The molecule has 3 heterocycles. The molecule has 1 fully saturated rings. The fourth-order valence-electron chi connectivity index (χ4n) is 6.39. The highest BCUT2D eigenvalue weighted by Crippen LogP contribution is 2.31. The van der Waals surface area contributed by atoms with Gasteiger partial charge in [-0.25, -0.2) is 0 Å². The minimum absolute atomic E-state index is 0.0928. The SMILES string of the molecule is COC1CCC(Nc2nc(NCc3ccccc3-c3nccc4cc(CC(=O)/C=C/CN(C)C)ccc34)n3ncc(C(C)C)c3n2)CC1. The Bertz CT molecular complexity index is 1910. The van der Waals surface area contributed by atoms with Crippen molar-refractivity contribution in [3.63, 3.8) is 0 Å². The molecule has 6 rings (SSSR count). The lowest BCUT2D eigenvalue weighted by molar-refractivity contribution is -0.114. The van der Waals surface area contributed by atoms with E-state index in [1.165, 1.54) is 0 Å². The van der Waals surface area contributed by atoms with Crippen LogP contribution < -0.4 is 10.6 Å². The van der Waals surface area contributed by atoms with E-state index in [0.29, 0.717) is 37.0 Å². The van der Waals surface area contributed by atoms with E-state index in [1.807, 2.05) is 61.7 Å². The van der Waals surface area contributed by atoms with E-state index in [9.17, 15) is 4.79 Å². The number of hydrogen-bond donors (Lipinski definition) is 2. The molecule has 0 amide bonds. The van der Waals surface area contributed by atoms with Gasteiger partial charge in [-0.2, -0.15) is 19.6 Å². The van der Waals surface area contributed by atoms with Gasteiger partial charge < -0.3 is 20.3 Å². The molecular formula is C38H46N8O2. The molecule has 0 unspecified atom stereocenters. The highest BCUT2D eigenvalue weighted by Gasteiger charge is 2.23. The molecule has 3 aromatic heterocycles. The summed E-state index contributed by atoms with van der Waals surface area (Å²) in [5.41, 5.74) is 5.89. The number of ketones is 1. The number of hydrogen-bond acceptors (Lipinski definition) is 9. The van der Waals surface area contributed by atoms with Crippen LogP contribution >= 0.6 is 0 Å². The van der Waals surface area contributed by atoms with Crippen LogP contribution in [0.5, 0.6) is 0 Å². The van der Waals surface area contributed by atoms with Crippen LogP contribution in [0.1, 0.15) is 62.1 Å². The average Bonchev–Trinajstić information content (AvgIpc) is 3.52. The summed E-state index contributed by atoms with van der Waals surface area (Å²) in [5, 5.41) is 13.9. The number of fused-ring (bicyclic) bond motifs is 2. The molecule has 48 heavy (non-hydrogen) atoms. The van der Waals surface area contributed by atoms with E-state index in [2.05, 4.69) is 53.8 Å². The van der Waals surface area contributed by atoms with Crippen LogP contribution in [0.3, 0.4) is 0 Å². The zero-order chi connectivity index (χ0) is 33.6. The Morgan fingerprint density at radius 2 is 1.90 bits per heavy atom. The maximum absolute atomic E-state index is 12.6. The highest BCUT2D eigenvalue weighted by atomic mass is 16.5. The maximum Gasteiger partial charge on any atom is 0.229 e. The first kappa shape index (κ1) is 33.2. The summed E-state index contributed by atoms with van der Waals surface area (Å²) in [6, 6.07) is 16.8. The van der Waals surface area contributed by atoms with E-state index >= 15 is 0 Å². The van der Waals surface area contributed by atoms with Crippen LogP contribution in [-0.2, 0) is 22.5 Å². The molecule has 0 saturated heterocycles. The van der Waals surface area contributed by atoms with Crippen LogP contribution in [0.25, 0.3) is 27.7 Å². The quantitative estimate of drug-likeness (QED) is 0.136. The number of aromatic nitrogens is 5. The van der Waals surface area contributed by atoms with Crippen LogP contribution in [0.15, 0.2) is 73.1 Å². The largest absolute Gasteiger partial charge is 0.381 e. The molecule has 2 N–H and O–H groups in total. The van der Waals surface area contributed by atoms with E-state index in [0.717, 1.165) is 76.6 Å². The zero-order valence-electron chi connectivity index (χ0n) is 28.6. The van der Waals surface area contributed by atoms with Crippen molar-refractivity contribution in [3.05, 3.63) is 89.8 Å². The predicted molar refractivity (Wildman–Crippen MR) is 192 cm³/mol. The van der Waals surface area contributed by atoms with Crippen LogP contribution in [0.4, 0.5) is 11.9 Å². The van der Waals surface area contributed by atoms with Crippen molar-refractivity contribution in [2.75, 3.05) is 38.4 Å². The lowest BCUT2D eigenvalue weighted by Gasteiger charge is -2.28. The summed E-state index contributed by atoms with van der Waals surface area (Å²) in [6.07, 6.45) is 12.1. The molecule has 0 spiro atoms. The second kappa shape index (κ2) is 15.0. The molecule has 1 aliphatic rings. The van der Waals surface area contributed by atoms with Gasteiger partial charge in [0.05, 0.1) is 18.0 Å². The van der Waals surface area contributed by atoms with Gasteiger partial charge >= 0.3 is 0 Å². The molecular weight excluding hydrogens is 600 g/mol. The first-order chi connectivity index (χ1) is 23.3. The van der Waals surface area contributed by atoms with E-state index in [1.54, 1.807) is 17.7 Å². The Labute approximate surface area is 282 Å². The average molecular weight is 647 g/mol. The fourth-order valence-corrected chi connectivity index (χ4v) is 6.39. The van der Waals surface area contributed by atoms with Crippen molar-refractivity contribution >= 4 is 34.1 Å². The Morgan fingerprint density at radius 3 is 2.67 bits per heavy atom. The number of methoxy groups -OCH3 is 1. The predicted octanol–water partition coefficient (Wildman–Crippen LogP) is 6.67. The third-order valence-corrected chi connectivity index (χ3v) is 9.05. The number of allylic oxidation sites excluding steroid dienone is 1. The number of rotatable bonds is 13. The lowest BCUT2D eigenvalue weighted by atomic mass is 9.93. The summed E-state index contributed by atoms with van der Waals surface area (Å²) in [5.74, 6) is 1.61. The van der Waals surface area contributed by atoms with Gasteiger partial charge in [0.2, 0.25) is 11.9 Å². The van der Waals surface area contributed by atoms with Crippen molar-refractivity contribution in [3.8, 4) is 11.3 Å². The summed E-state index contributed by atoms with van der Waals surface area (Å²) in [6.45, 7) is 5.57. The number of pyridine rings is 1. The zero-order valence-corrected chi connectivity index (χ0v) is 28.6. The first-order valence-electron chi connectivity index (χ1n) is 16.9. The number of nitrogens with zero attached hydrogens (tertiary/aromatic N) is 6. The smallest absolute Gasteiger partial charge is 0.229 e. The second-order valence-corrected chi connectivity index (χ2v) is 13.2. The monoisotopic (exact) mass is 646 g/mol. The molecule has 0 bridgehead atoms. The number of ether oxygens (including phenoxy) is 1. The molecule has 1 saturated carbocycles. The van der Waals surface area contributed by atoms with Crippen molar-refractivity contribution < 1.29 is 9.53 Å². The Kier molecular flexibility index (Phi) is 10.4. The van der Waals surface area contributed by atoms with Crippen LogP contribution in [-0.4, -0.2) is 75.1 Å². The third kappa shape index (κ3) is 7.72. The number of carbonyl (C=O) groups excluding carboxylic acids is 1. The van der Waals surface area contributed by atoms with Gasteiger partial charge in [0, 0.05) is 55.4 Å². The molecule has 2 aromatic carbocycles. The molecule has 10 nitrogen and oxygen atoms in total. The highest BCUT2D eigenvalue weighted by molar-refractivity contribution is 5.97. The third-order valence-electron chi connectivity index (χ3n) is 9.05. The van der Waals surface area contributed by atoms with Gasteiger partial charge in [-0.15, -0.1) is 0 Å². The Hall–Kier alpha value is -4.67. The van der Waals surface area contributed by atoms with E-state index in [4.69, 9.17) is 19.7 Å². The van der Waals surface area contributed by atoms with E-state index in [-0.39, 0.29) is 11.7 Å². The van der Waals surface area contributed by atoms with Crippen LogP contribution in [0, 0.1) is 0 Å². The standard InChI is InChI=1S/C38H46N8O2/c1-25(2)34-24-41-46-36(34)43-37(42-29-13-15-31(48-5)16-14-29)44-38(46)40-23-28-9-6-7-11-32(28)35-33-17-12-26(21-27(33)18-19-39-35)22-30(47)10-8-20-45(3)4/h6-12,17-19,21,24-25,29,31H,13-16,20,22-23H2,1-5H3,(H2,40,42,43,44)/b10-8+. The number of benzene rings is 2. The molecule has 250 valence electrons. The van der Waals surface area contributed by atoms with Gasteiger partial charge in [0.25, 0.3) is 0 Å². The number of anilines is 2. The van der Waals surface area contributed by atoms with Gasteiger partial charge in [-0.1, -0.05) is 62.4 Å². The normalized spacial score (nSPS) is 16.8. The van der Waals surface area contributed by atoms with Crippen molar-refractivity contribution in [2.24, 2.45) is 0 Å². The van der Waals surface area contributed by atoms with Gasteiger partial charge in [0.1, 0.15) is 0 Å². The van der Waals surface area contributed by atoms with E-state index < -0.39 is 0 Å². The van der Waals surface area contributed by atoms with Gasteiger partial charge in [0.15, 0.2) is 11.4 Å². The van der Waals surface area contributed by atoms with Crippen molar-refractivity contribution in [1.82, 2.24) is 29.5 Å².